The Labute approximate surface area is 120 Å². The summed E-state index contributed by atoms with van der Waals surface area (Å²) >= 11 is 1.58. The van der Waals surface area contributed by atoms with Crippen LogP contribution in [0.15, 0.2) is 23.1 Å². The number of hydrogen-bond acceptors (Lipinski definition) is 3. The van der Waals surface area contributed by atoms with E-state index in [4.69, 9.17) is 5.73 Å². The first-order chi connectivity index (χ1) is 8.90. The fraction of sp³-hybridized carbons (Fsp3) is 0.533. The zero-order valence-electron chi connectivity index (χ0n) is 12.2. The summed E-state index contributed by atoms with van der Waals surface area (Å²) in [6.07, 6.45) is 1.02. The van der Waals surface area contributed by atoms with Crippen molar-refractivity contribution < 1.29 is 4.79 Å². The van der Waals surface area contributed by atoms with Gasteiger partial charge in [0, 0.05) is 17.1 Å². The van der Waals surface area contributed by atoms with Crippen LogP contribution in [0.2, 0.25) is 0 Å². The third-order valence-corrected chi connectivity index (χ3v) is 4.17. The molecular formula is C15H24N2OS. The van der Waals surface area contributed by atoms with Gasteiger partial charge in [0.05, 0.1) is 5.25 Å². The number of rotatable bonds is 6. The van der Waals surface area contributed by atoms with Crippen molar-refractivity contribution in [3.05, 3.63) is 23.8 Å². The van der Waals surface area contributed by atoms with Crippen LogP contribution in [-0.2, 0) is 4.79 Å². The van der Waals surface area contributed by atoms with E-state index in [0.717, 1.165) is 29.1 Å². The van der Waals surface area contributed by atoms with Gasteiger partial charge < -0.3 is 11.1 Å². The topological polar surface area (TPSA) is 55.1 Å². The third kappa shape index (κ3) is 5.55. The molecule has 1 unspecified atom stereocenters. The molecule has 1 aromatic rings. The van der Waals surface area contributed by atoms with E-state index in [1.165, 1.54) is 0 Å². The molecule has 0 spiro atoms. The van der Waals surface area contributed by atoms with E-state index in [0.29, 0.717) is 5.92 Å². The second kappa shape index (κ2) is 7.43. The number of nitrogens with two attached hydrogens (primary N) is 1. The lowest BCUT2D eigenvalue weighted by Gasteiger charge is -2.14. The number of amides is 1. The summed E-state index contributed by atoms with van der Waals surface area (Å²) in [6, 6.07) is 5.79. The van der Waals surface area contributed by atoms with E-state index in [1.54, 1.807) is 11.8 Å². The maximum atomic E-state index is 12.0. The van der Waals surface area contributed by atoms with E-state index in [2.05, 4.69) is 19.2 Å². The molecule has 4 heteroatoms. The summed E-state index contributed by atoms with van der Waals surface area (Å²) < 4.78 is 0. The molecule has 1 amide bonds. The molecule has 19 heavy (non-hydrogen) atoms. The molecule has 0 aliphatic carbocycles. The SMILES string of the molecule is Cc1cc(N)ccc1SC(C)C(=O)NCCC(C)C. The average molecular weight is 280 g/mol. The van der Waals surface area contributed by atoms with Crippen LogP contribution < -0.4 is 11.1 Å². The van der Waals surface area contributed by atoms with E-state index < -0.39 is 0 Å². The van der Waals surface area contributed by atoms with Gasteiger partial charge in [-0.2, -0.15) is 0 Å². The smallest absolute Gasteiger partial charge is 0.233 e. The van der Waals surface area contributed by atoms with Crippen LogP contribution in [0.1, 0.15) is 32.8 Å². The highest BCUT2D eigenvalue weighted by Crippen LogP contribution is 2.27. The molecule has 3 nitrogen and oxygen atoms in total. The highest BCUT2D eigenvalue weighted by Gasteiger charge is 2.15. The molecule has 0 bridgehead atoms. The molecule has 0 saturated heterocycles. The molecule has 0 heterocycles. The van der Waals surface area contributed by atoms with E-state index >= 15 is 0 Å². The minimum absolute atomic E-state index is 0.0884. The number of carbonyl (C=O) groups excluding carboxylic acids is 1. The molecule has 0 aliphatic rings. The lowest BCUT2D eigenvalue weighted by atomic mass is 10.1. The number of carbonyl (C=O) groups is 1. The van der Waals surface area contributed by atoms with Crippen LogP contribution in [0, 0.1) is 12.8 Å². The molecule has 0 aliphatic heterocycles. The Morgan fingerprint density at radius 2 is 2.05 bits per heavy atom. The number of anilines is 1. The number of nitrogens with one attached hydrogen (secondary N) is 1. The van der Waals surface area contributed by atoms with Gasteiger partial charge in [0.15, 0.2) is 0 Å². The van der Waals surface area contributed by atoms with Crippen molar-refractivity contribution in [1.29, 1.82) is 0 Å². The molecule has 0 aromatic heterocycles. The maximum absolute atomic E-state index is 12.0. The van der Waals surface area contributed by atoms with Crippen molar-refractivity contribution in [2.75, 3.05) is 12.3 Å². The number of benzene rings is 1. The Bertz CT molecular complexity index is 432. The average Bonchev–Trinajstić information content (AvgIpc) is 2.32. The fourth-order valence-electron chi connectivity index (χ4n) is 1.68. The number of hydrogen-bond donors (Lipinski definition) is 2. The number of nitrogen functional groups attached to an aromatic ring is 1. The number of aryl methyl sites for hydroxylation is 1. The van der Waals surface area contributed by atoms with Crippen LogP contribution in [-0.4, -0.2) is 17.7 Å². The Hall–Kier alpha value is -1.16. The maximum Gasteiger partial charge on any atom is 0.233 e. The van der Waals surface area contributed by atoms with Crippen molar-refractivity contribution in [3.8, 4) is 0 Å². The molecule has 1 atom stereocenters. The predicted molar refractivity (Wildman–Crippen MR) is 83.4 cm³/mol. The first kappa shape index (κ1) is 15.9. The highest BCUT2D eigenvalue weighted by molar-refractivity contribution is 8.00. The Balaban J connectivity index is 2.49. The zero-order valence-corrected chi connectivity index (χ0v) is 13.0. The Morgan fingerprint density at radius 3 is 2.63 bits per heavy atom. The van der Waals surface area contributed by atoms with Gasteiger partial charge in [-0.25, -0.2) is 0 Å². The summed E-state index contributed by atoms with van der Waals surface area (Å²) in [5, 5.41) is 2.89. The van der Waals surface area contributed by atoms with Crippen molar-refractivity contribution in [3.63, 3.8) is 0 Å². The second-order valence-electron chi connectivity index (χ2n) is 5.26. The van der Waals surface area contributed by atoms with Gasteiger partial charge in [-0.15, -0.1) is 11.8 Å². The highest BCUT2D eigenvalue weighted by atomic mass is 32.2. The summed E-state index contributed by atoms with van der Waals surface area (Å²) in [4.78, 5) is 13.1. The van der Waals surface area contributed by atoms with Gasteiger partial charge in [0.25, 0.3) is 0 Å². The van der Waals surface area contributed by atoms with E-state index in [9.17, 15) is 4.79 Å². The van der Waals surface area contributed by atoms with E-state index in [-0.39, 0.29) is 11.2 Å². The van der Waals surface area contributed by atoms with Gasteiger partial charge in [0.1, 0.15) is 0 Å². The van der Waals surface area contributed by atoms with Gasteiger partial charge in [-0.1, -0.05) is 13.8 Å². The zero-order chi connectivity index (χ0) is 14.4. The molecular weight excluding hydrogens is 256 g/mol. The van der Waals surface area contributed by atoms with Crippen LogP contribution in [0.25, 0.3) is 0 Å². The summed E-state index contributed by atoms with van der Waals surface area (Å²) in [6.45, 7) is 9.01. The molecule has 1 aromatic carbocycles. The molecule has 1 rings (SSSR count). The van der Waals surface area contributed by atoms with Gasteiger partial charge in [-0.3, -0.25) is 4.79 Å². The quantitative estimate of drug-likeness (QED) is 0.621. The van der Waals surface area contributed by atoms with Crippen LogP contribution >= 0.6 is 11.8 Å². The van der Waals surface area contributed by atoms with Gasteiger partial charge in [0.2, 0.25) is 5.91 Å². The van der Waals surface area contributed by atoms with Crippen molar-refractivity contribution in [1.82, 2.24) is 5.32 Å². The first-order valence-corrected chi connectivity index (χ1v) is 7.58. The standard InChI is InChI=1S/C15H24N2OS/c1-10(2)7-8-17-15(18)12(4)19-14-6-5-13(16)9-11(14)3/h5-6,9-10,12H,7-8,16H2,1-4H3,(H,17,18). The fourth-order valence-corrected chi connectivity index (χ4v) is 2.64. The normalized spacial score (nSPS) is 12.5. The van der Waals surface area contributed by atoms with Crippen molar-refractivity contribution in [2.24, 2.45) is 5.92 Å². The van der Waals surface area contributed by atoms with Crippen LogP contribution in [0.5, 0.6) is 0 Å². The molecule has 0 fully saturated rings. The molecule has 0 radical (unpaired) electrons. The number of thioether (sulfide) groups is 1. The predicted octanol–water partition coefficient (Wildman–Crippen LogP) is 3.22. The second-order valence-corrected chi connectivity index (χ2v) is 6.64. The molecule has 0 saturated carbocycles. The van der Waals surface area contributed by atoms with E-state index in [1.807, 2.05) is 32.0 Å². The summed E-state index contributed by atoms with van der Waals surface area (Å²) in [7, 11) is 0. The Morgan fingerprint density at radius 1 is 1.37 bits per heavy atom. The molecule has 106 valence electrons. The summed E-state index contributed by atoms with van der Waals surface area (Å²) in [5.41, 5.74) is 7.60. The van der Waals surface area contributed by atoms with Gasteiger partial charge >= 0.3 is 0 Å². The lowest BCUT2D eigenvalue weighted by Crippen LogP contribution is -2.32. The Kier molecular flexibility index (Phi) is 6.22. The lowest BCUT2D eigenvalue weighted by molar-refractivity contribution is -0.120. The minimum atomic E-state index is -0.0884. The van der Waals surface area contributed by atoms with Crippen molar-refractivity contribution >= 4 is 23.4 Å². The van der Waals surface area contributed by atoms with Crippen LogP contribution in [0.3, 0.4) is 0 Å². The third-order valence-electron chi connectivity index (χ3n) is 2.89. The first-order valence-electron chi connectivity index (χ1n) is 6.70. The largest absolute Gasteiger partial charge is 0.399 e. The van der Waals surface area contributed by atoms with Gasteiger partial charge in [-0.05, 0) is 49.9 Å². The monoisotopic (exact) mass is 280 g/mol. The summed E-state index contributed by atoms with van der Waals surface area (Å²) in [5.74, 6) is 0.712. The van der Waals surface area contributed by atoms with Crippen molar-refractivity contribution in [2.45, 2.75) is 44.3 Å². The minimum Gasteiger partial charge on any atom is -0.399 e. The molecule has 3 N–H and O–H groups in total. The van der Waals surface area contributed by atoms with Crippen LogP contribution in [0.4, 0.5) is 5.69 Å².